The fourth-order valence-electron chi connectivity index (χ4n) is 1.34. The van der Waals surface area contributed by atoms with Crippen LogP contribution in [0.3, 0.4) is 0 Å². The molecule has 0 aliphatic rings. The van der Waals surface area contributed by atoms with Crippen molar-refractivity contribution < 1.29 is 13.2 Å². The molecule has 24 heavy (non-hydrogen) atoms. The van der Waals surface area contributed by atoms with Gasteiger partial charge < -0.3 is 4.74 Å². The second-order valence-electron chi connectivity index (χ2n) is 3.54. The Morgan fingerprint density at radius 2 is 0.792 bits per heavy atom. The van der Waals surface area contributed by atoms with Crippen LogP contribution in [0.5, 0.6) is 0 Å². The van der Waals surface area contributed by atoms with E-state index in [1.165, 1.54) is 0 Å². The average molecular weight is 355 g/mol. The number of rotatable bonds is 2. The molecule has 0 radical (unpaired) electrons. The Hall–Kier alpha value is -1.65. The van der Waals surface area contributed by atoms with Crippen LogP contribution in [0.4, 0.5) is 0 Å². The van der Waals surface area contributed by atoms with Crippen LogP contribution < -0.4 is 0 Å². The summed E-state index contributed by atoms with van der Waals surface area (Å²) in [6.45, 7) is 12.0. The fraction of sp³-hybridized carbons (Fsp3) is 0.400. The SMILES string of the molecule is CC.CC.CC.COC.O=S(=O)(c1ccccc1)c1ccccc1. The summed E-state index contributed by atoms with van der Waals surface area (Å²) in [6.07, 6.45) is 0. The molecule has 0 atom stereocenters. The van der Waals surface area contributed by atoms with E-state index in [4.69, 9.17) is 0 Å². The normalized spacial score (nSPS) is 8.50. The van der Waals surface area contributed by atoms with Crippen LogP contribution in [-0.2, 0) is 14.6 Å². The second-order valence-corrected chi connectivity index (χ2v) is 5.49. The van der Waals surface area contributed by atoms with Crippen molar-refractivity contribution in [3.05, 3.63) is 60.7 Å². The lowest BCUT2D eigenvalue weighted by molar-refractivity contribution is 0.277. The first kappa shape index (κ1) is 27.2. The molecule has 138 valence electrons. The van der Waals surface area contributed by atoms with Crippen molar-refractivity contribution in [1.82, 2.24) is 0 Å². The molecule has 0 saturated heterocycles. The van der Waals surface area contributed by atoms with Gasteiger partial charge in [-0.2, -0.15) is 0 Å². The van der Waals surface area contributed by atoms with Gasteiger partial charge in [0.25, 0.3) is 0 Å². The minimum Gasteiger partial charge on any atom is -0.388 e. The maximum absolute atomic E-state index is 12.0. The quantitative estimate of drug-likeness (QED) is 0.678. The number of ether oxygens (including phenoxy) is 1. The molecule has 0 spiro atoms. The maximum Gasteiger partial charge on any atom is 0.206 e. The van der Waals surface area contributed by atoms with E-state index >= 15 is 0 Å². The molecular weight excluding hydrogens is 320 g/mol. The van der Waals surface area contributed by atoms with Gasteiger partial charge in [-0.3, -0.25) is 0 Å². The van der Waals surface area contributed by atoms with E-state index in [0.29, 0.717) is 9.79 Å². The van der Waals surface area contributed by atoms with Gasteiger partial charge in [-0.25, -0.2) is 8.42 Å². The number of hydrogen-bond donors (Lipinski definition) is 0. The summed E-state index contributed by atoms with van der Waals surface area (Å²) in [7, 11) is -0.0890. The highest BCUT2D eigenvalue weighted by atomic mass is 32.2. The van der Waals surface area contributed by atoms with Gasteiger partial charge in [-0.1, -0.05) is 77.9 Å². The zero-order chi connectivity index (χ0) is 19.4. The largest absolute Gasteiger partial charge is 0.388 e. The fourth-order valence-corrected chi connectivity index (χ4v) is 2.64. The van der Waals surface area contributed by atoms with Crippen molar-refractivity contribution in [3.8, 4) is 0 Å². The molecule has 3 nitrogen and oxygen atoms in total. The topological polar surface area (TPSA) is 43.4 Å². The lowest BCUT2D eigenvalue weighted by atomic mass is 10.4. The Labute approximate surface area is 149 Å². The van der Waals surface area contributed by atoms with Gasteiger partial charge in [0.2, 0.25) is 9.84 Å². The van der Waals surface area contributed by atoms with Crippen molar-refractivity contribution in [3.63, 3.8) is 0 Å². The Balaban J connectivity index is -0.000000422. The molecule has 0 fully saturated rings. The lowest BCUT2D eigenvalue weighted by Crippen LogP contribution is -2.00. The van der Waals surface area contributed by atoms with Gasteiger partial charge in [-0.15, -0.1) is 0 Å². The summed E-state index contributed by atoms with van der Waals surface area (Å²) >= 11 is 0. The monoisotopic (exact) mass is 354 g/mol. The van der Waals surface area contributed by atoms with E-state index < -0.39 is 9.84 Å². The van der Waals surface area contributed by atoms with Crippen LogP contribution in [0, 0.1) is 0 Å². The summed E-state index contributed by atoms with van der Waals surface area (Å²) in [5.74, 6) is 0. The number of benzene rings is 2. The van der Waals surface area contributed by atoms with Gasteiger partial charge in [0, 0.05) is 14.2 Å². The van der Waals surface area contributed by atoms with Gasteiger partial charge in [0.05, 0.1) is 9.79 Å². The third-order valence-electron chi connectivity index (χ3n) is 2.11. The van der Waals surface area contributed by atoms with Crippen LogP contribution >= 0.6 is 0 Å². The third kappa shape index (κ3) is 11.0. The molecule has 0 unspecified atom stereocenters. The van der Waals surface area contributed by atoms with E-state index in [0.717, 1.165) is 0 Å². The summed E-state index contributed by atoms with van der Waals surface area (Å²) in [5, 5.41) is 0. The zero-order valence-corrected chi connectivity index (χ0v) is 17.2. The smallest absolute Gasteiger partial charge is 0.206 e. The van der Waals surface area contributed by atoms with E-state index in [2.05, 4.69) is 4.74 Å². The van der Waals surface area contributed by atoms with Crippen molar-refractivity contribution in [2.45, 2.75) is 51.3 Å². The minimum atomic E-state index is -3.34. The maximum atomic E-state index is 12.0. The van der Waals surface area contributed by atoms with Gasteiger partial charge in [-0.05, 0) is 24.3 Å². The Kier molecular flexibility index (Phi) is 22.0. The lowest BCUT2D eigenvalue weighted by Gasteiger charge is -2.03. The van der Waals surface area contributed by atoms with Gasteiger partial charge in [0.15, 0.2) is 0 Å². The molecule has 2 aromatic carbocycles. The van der Waals surface area contributed by atoms with E-state index in [-0.39, 0.29) is 0 Å². The van der Waals surface area contributed by atoms with E-state index in [9.17, 15) is 8.42 Å². The van der Waals surface area contributed by atoms with Gasteiger partial charge >= 0.3 is 0 Å². The number of hydrogen-bond acceptors (Lipinski definition) is 3. The van der Waals surface area contributed by atoms with E-state index in [1.54, 1.807) is 74.9 Å². The first-order valence-electron chi connectivity index (χ1n) is 8.38. The van der Waals surface area contributed by atoms with Crippen molar-refractivity contribution in [2.24, 2.45) is 0 Å². The first-order valence-corrected chi connectivity index (χ1v) is 9.86. The zero-order valence-electron chi connectivity index (χ0n) is 16.4. The highest BCUT2D eigenvalue weighted by molar-refractivity contribution is 7.91. The predicted octanol–water partition coefficient (Wildman–Crippen LogP) is 5.86. The summed E-state index contributed by atoms with van der Waals surface area (Å²) in [4.78, 5) is 0.660. The molecule has 0 aromatic heterocycles. The Morgan fingerprint density at radius 3 is 1.00 bits per heavy atom. The van der Waals surface area contributed by atoms with Crippen molar-refractivity contribution in [1.29, 1.82) is 0 Å². The van der Waals surface area contributed by atoms with Crippen molar-refractivity contribution in [2.75, 3.05) is 14.2 Å². The molecule has 0 amide bonds. The molecule has 2 rings (SSSR count). The van der Waals surface area contributed by atoms with Crippen LogP contribution in [0.15, 0.2) is 70.5 Å². The molecule has 0 heterocycles. The Morgan fingerprint density at radius 1 is 0.583 bits per heavy atom. The number of methoxy groups -OCH3 is 1. The molecule has 0 saturated carbocycles. The summed E-state index contributed by atoms with van der Waals surface area (Å²) in [5.41, 5.74) is 0. The van der Waals surface area contributed by atoms with Crippen LogP contribution in [-0.4, -0.2) is 22.6 Å². The predicted molar refractivity (Wildman–Crippen MR) is 105 cm³/mol. The summed E-state index contributed by atoms with van der Waals surface area (Å²) in [6, 6.07) is 16.9. The molecule has 0 aliphatic carbocycles. The second kappa shape index (κ2) is 19.4. The molecule has 4 heteroatoms. The molecule has 0 aliphatic heterocycles. The van der Waals surface area contributed by atoms with Crippen LogP contribution in [0.1, 0.15) is 41.5 Å². The first-order chi connectivity index (χ1) is 11.6. The molecule has 0 N–H and O–H groups in total. The highest BCUT2D eigenvalue weighted by Gasteiger charge is 2.15. The number of sulfone groups is 1. The minimum absolute atomic E-state index is 0.330. The van der Waals surface area contributed by atoms with Crippen LogP contribution in [0.2, 0.25) is 0 Å². The molecular formula is C20H34O3S. The average Bonchev–Trinajstić information content (AvgIpc) is 2.69. The van der Waals surface area contributed by atoms with Gasteiger partial charge in [0.1, 0.15) is 0 Å². The third-order valence-corrected chi connectivity index (χ3v) is 3.89. The van der Waals surface area contributed by atoms with Crippen molar-refractivity contribution >= 4 is 9.84 Å². The highest BCUT2D eigenvalue weighted by Crippen LogP contribution is 2.19. The molecule has 0 bridgehead atoms. The van der Waals surface area contributed by atoms with E-state index in [1.807, 2.05) is 41.5 Å². The standard InChI is InChI=1S/C12H10O2S.C2H6O.3C2H6/c13-15(14,11-7-3-1-4-8-11)12-9-5-2-6-10-12;1-3-2;3*1-2/h1-10H;1-2H3;3*1-2H3. The van der Waals surface area contributed by atoms with Crippen LogP contribution in [0.25, 0.3) is 0 Å². The molecule has 2 aromatic rings. The summed E-state index contributed by atoms with van der Waals surface area (Å²) < 4.78 is 28.3. The Bertz CT molecular complexity index is 504.